The average Bonchev–Trinajstić information content (AvgIpc) is 2.40. The highest BCUT2D eigenvalue weighted by atomic mass is 79.9. The zero-order valence-corrected chi connectivity index (χ0v) is 13.2. The Hall–Kier alpha value is -1.87. The predicted octanol–water partition coefficient (Wildman–Crippen LogP) is 2.37. The lowest BCUT2D eigenvalue weighted by Gasteiger charge is -2.12. The standard InChI is InChI=1S/C12H11BrFN3O3S/c1-20-9-5-7(13)8(15)6-10(9)21(18,19)17-12-4-2-3-11(14)16-12/h2-6H,15H2,1H3,(H,16,17). The van der Waals surface area contributed by atoms with Crippen molar-refractivity contribution in [1.82, 2.24) is 4.98 Å². The van der Waals surface area contributed by atoms with Crippen LogP contribution in [0.5, 0.6) is 5.75 Å². The van der Waals surface area contributed by atoms with E-state index in [4.69, 9.17) is 10.5 Å². The molecule has 0 unspecified atom stereocenters. The Labute approximate surface area is 129 Å². The van der Waals surface area contributed by atoms with Crippen molar-refractivity contribution in [3.63, 3.8) is 0 Å². The van der Waals surface area contributed by atoms with Gasteiger partial charge in [0, 0.05) is 10.2 Å². The summed E-state index contributed by atoms with van der Waals surface area (Å²) < 4.78 is 45.4. The molecule has 3 N–H and O–H groups in total. The molecule has 0 saturated carbocycles. The number of nitrogens with two attached hydrogens (primary N) is 1. The molecule has 0 amide bonds. The number of sulfonamides is 1. The number of ether oxygens (including phenoxy) is 1. The molecule has 0 aliphatic carbocycles. The normalized spacial score (nSPS) is 11.2. The second kappa shape index (κ2) is 5.86. The summed E-state index contributed by atoms with van der Waals surface area (Å²) in [4.78, 5) is 3.27. The van der Waals surface area contributed by atoms with Crippen LogP contribution in [0, 0.1) is 5.95 Å². The summed E-state index contributed by atoms with van der Waals surface area (Å²) in [6.45, 7) is 0. The maximum atomic E-state index is 13.0. The molecule has 2 rings (SSSR count). The van der Waals surface area contributed by atoms with E-state index in [0.29, 0.717) is 4.47 Å². The topological polar surface area (TPSA) is 94.3 Å². The summed E-state index contributed by atoms with van der Waals surface area (Å²) in [5.41, 5.74) is 5.91. The molecule has 112 valence electrons. The van der Waals surface area contributed by atoms with E-state index in [1.807, 2.05) is 0 Å². The number of halogens is 2. The van der Waals surface area contributed by atoms with Gasteiger partial charge in [-0.2, -0.15) is 4.39 Å². The number of pyridine rings is 1. The van der Waals surface area contributed by atoms with Gasteiger partial charge in [-0.05, 0) is 40.2 Å². The molecule has 0 aliphatic rings. The third-order valence-corrected chi connectivity index (χ3v) is 4.59. The minimum atomic E-state index is -4.02. The summed E-state index contributed by atoms with van der Waals surface area (Å²) in [5, 5.41) is 0. The van der Waals surface area contributed by atoms with E-state index in [1.165, 1.54) is 31.4 Å². The van der Waals surface area contributed by atoms with Crippen molar-refractivity contribution in [2.75, 3.05) is 17.6 Å². The van der Waals surface area contributed by atoms with Crippen LogP contribution in [0.25, 0.3) is 0 Å². The molecule has 1 heterocycles. The van der Waals surface area contributed by atoms with Gasteiger partial charge in [0.05, 0.1) is 7.11 Å². The van der Waals surface area contributed by atoms with Crippen LogP contribution in [0.1, 0.15) is 0 Å². The van der Waals surface area contributed by atoms with Crippen LogP contribution in [-0.2, 0) is 10.0 Å². The lowest BCUT2D eigenvalue weighted by Crippen LogP contribution is -2.15. The fourth-order valence-corrected chi connectivity index (χ4v) is 3.09. The van der Waals surface area contributed by atoms with Crippen LogP contribution in [0.3, 0.4) is 0 Å². The molecule has 1 aromatic heterocycles. The van der Waals surface area contributed by atoms with Gasteiger partial charge in [0.1, 0.15) is 16.5 Å². The van der Waals surface area contributed by atoms with E-state index in [1.54, 1.807) is 0 Å². The maximum absolute atomic E-state index is 13.0. The first-order chi connectivity index (χ1) is 9.83. The Morgan fingerprint density at radius 2 is 2.10 bits per heavy atom. The SMILES string of the molecule is COc1cc(Br)c(N)cc1S(=O)(=O)Nc1cccc(F)n1. The molecule has 0 aliphatic heterocycles. The molecule has 2 aromatic rings. The summed E-state index contributed by atoms with van der Waals surface area (Å²) >= 11 is 3.18. The minimum Gasteiger partial charge on any atom is -0.495 e. The van der Waals surface area contributed by atoms with E-state index in [0.717, 1.165) is 6.07 Å². The highest BCUT2D eigenvalue weighted by Crippen LogP contribution is 2.33. The Kier molecular flexibility index (Phi) is 4.33. The van der Waals surface area contributed by atoms with Crippen molar-refractivity contribution in [3.8, 4) is 5.75 Å². The van der Waals surface area contributed by atoms with E-state index in [2.05, 4.69) is 25.6 Å². The first kappa shape index (κ1) is 15.5. The lowest BCUT2D eigenvalue weighted by atomic mass is 10.3. The summed E-state index contributed by atoms with van der Waals surface area (Å²) in [7, 11) is -2.69. The fourth-order valence-electron chi connectivity index (χ4n) is 1.58. The third kappa shape index (κ3) is 3.42. The molecule has 21 heavy (non-hydrogen) atoms. The number of benzene rings is 1. The van der Waals surface area contributed by atoms with Crippen LogP contribution in [0.2, 0.25) is 0 Å². The van der Waals surface area contributed by atoms with Crippen molar-refractivity contribution < 1.29 is 17.5 Å². The van der Waals surface area contributed by atoms with Crippen LogP contribution in [0.4, 0.5) is 15.9 Å². The number of nitrogen functional groups attached to an aromatic ring is 1. The maximum Gasteiger partial charge on any atom is 0.266 e. The van der Waals surface area contributed by atoms with E-state index >= 15 is 0 Å². The zero-order chi connectivity index (χ0) is 15.6. The highest BCUT2D eigenvalue weighted by molar-refractivity contribution is 9.10. The highest BCUT2D eigenvalue weighted by Gasteiger charge is 2.22. The molecule has 0 atom stereocenters. The molecule has 0 radical (unpaired) electrons. The predicted molar refractivity (Wildman–Crippen MR) is 80.1 cm³/mol. The van der Waals surface area contributed by atoms with E-state index < -0.39 is 16.0 Å². The number of nitrogens with zero attached hydrogens (tertiary/aromatic N) is 1. The molecule has 0 fully saturated rings. The number of nitrogens with one attached hydrogen (secondary N) is 1. The number of hydrogen-bond acceptors (Lipinski definition) is 5. The summed E-state index contributed by atoms with van der Waals surface area (Å²) in [6, 6.07) is 6.45. The summed E-state index contributed by atoms with van der Waals surface area (Å²) in [6.07, 6.45) is 0. The second-order valence-corrected chi connectivity index (χ2v) is 6.48. The molecule has 0 saturated heterocycles. The van der Waals surface area contributed by atoms with Crippen LogP contribution in [-0.4, -0.2) is 20.5 Å². The monoisotopic (exact) mass is 375 g/mol. The van der Waals surface area contributed by atoms with Gasteiger partial charge in [0.25, 0.3) is 10.0 Å². The van der Waals surface area contributed by atoms with Gasteiger partial charge in [-0.3, -0.25) is 4.72 Å². The molecule has 9 heteroatoms. The molecular weight excluding hydrogens is 365 g/mol. The largest absolute Gasteiger partial charge is 0.495 e. The first-order valence-electron chi connectivity index (χ1n) is 5.62. The van der Waals surface area contributed by atoms with Crippen LogP contribution >= 0.6 is 15.9 Å². The second-order valence-electron chi connectivity index (χ2n) is 3.98. The van der Waals surface area contributed by atoms with Gasteiger partial charge in [-0.25, -0.2) is 13.4 Å². The first-order valence-corrected chi connectivity index (χ1v) is 7.89. The van der Waals surface area contributed by atoms with E-state index in [-0.39, 0.29) is 22.2 Å². The Morgan fingerprint density at radius 3 is 2.71 bits per heavy atom. The van der Waals surface area contributed by atoms with Gasteiger partial charge in [-0.15, -0.1) is 0 Å². The van der Waals surface area contributed by atoms with Gasteiger partial charge >= 0.3 is 0 Å². The molecule has 0 spiro atoms. The lowest BCUT2D eigenvalue weighted by molar-refractivity contribution is 0.402. The average molecular weight is 376 g/mol. The zero-order valence-electron chi connectivity index (χ0n) is 10.8. The van der Waals surface area contributed by atoms with Gasteiger partial charge in [0.2, 0.25) is 5.95 Å². The molecule has 6 nitrogen and oxygen atoms in total. The number of methoxy groups -OCH3 is 1. The number of anilines is 2. The quantitative estimate of drug-likeness (QED) is 0.631. The summed E-state index contributed by atoms with van der Waals surface area (Å²) in [5.74, 6) is -0.837. The van der Waals surface area contributed by atoms with Crippen molar-refractivity contribution >= 4 is 37.5 Å². The van der Waals surface area contributed by atoms with E-state index in [9.17, 15) is 12.8 Å². The van der Waals surface area contributed by atoms with Crippen LogP contribution in [0.15, 0.2) is 39.7 Å². The van der Waals surface area contributed by atoms with Gasteiger partial charge < -0.3 is 10.5 Å². The van der Waals surface area contributed by atoms with Crippen molar-refractivity contribution in [3.05, 3.63) is 40.8 Å². The van der Waals surface area contributed by atoms with Crippen molar-refractivity contribution in [2.45, 2.75) is 4.90 Å². The number of rotatable bonds is 4. The Morgan fingerprint density at radius 1 is 1.38 bits per heavy atom. The van der Waals surface area contributed by atoms with Crippen molar-refractivity contribution in [2.24, 2.45) is 0 Å². The Balaban J connectivity index is 2.47. The molecule has 1 aromatic carbocycles. The fraction of sp³-hybridized carbons (Fsp3) is 0.0833. The number of hydrogen-bond donors (Lipinski definition) is 2. The van der Waals surface area contributed by atoms with Gasteiger partial charge in [-0.1, -0.05) is 6.07 Å². The van der Waals surface area contributed by atoms with Crippen molar-refractivity contribution in [1.29, 1.82) is 0 Å². The smallest absolute Gasteiger partial charge is 0.266 e. The molecule has 0 bridgehead atoms. The number of aromatic nitrogens is 1. The molecular formula is C12H11BrFN3O3S. The van der Waals surface area contributed by atoms with Crippen LogP contribution < -0.4 is 15.2 Å². The third-order valence-electron chi connectivity index (χ3n) is 2.53. The Bertz CT molecular complexity index is 783. The van der Waals surface area contributed by atoms with Gasteiger partial charge in [0.15, 0.2) is 0 Å². The minimum absolute atomic E-state index is 0.0972.